The SMILES string of the molecule is C=Cc1ccc(C23CC4CC(C2)CC(c2ccc(-n5c6ccc(N(c7ccc(C)cc7)c7ccc(C)cc7)cc6c6cc(N(c7ccc(C)cc7)c7ccc(C)cc7)ccc65)cc2)(C4)C3)cc1. The van der Waals surface area contributed by atoms with E-state index in [1.807, 2.05) is 6.08 Å². The monoisotopic (exact) mass is 869 g/mol. The second-order valence-electron chi connectivity index (χ2n) is 20.6. The number of fused-ring (bicyclic) bond motifs is 3. The average Bonchev–Trinajstić information content (AvgIpc) is 3.67. The van der Waals surface area contributed by atoms with Crippen molar-refractivity contribution < 1.29 is 0 Å². The third kappa shape index (κ3) is 7.19. The van der Waals surface area contributed by atoms with Gasteiger partial charge >= 0.3 is 0 Å². The predicted octanol–water partition coefficient (Wildman–Crippen LogP) is 17.4. The van der Waals surface area contributed by atoms with Crippen molar-refractivity contribution >= 4 is 62.0 Å². The molecule has 4 saturated carbocycles. The topological polar surface area (TPSA) is 11.4 Å². The maximum absolute atomic E-state index is 4.03. The van der Waals surface area contributed by atoms with Gasteiger partial charge < -0.3 is 14.4 Å². The Bertz CT molecular complexity index is 3020. The first-order chi connectivity index (χ1) is 32.6. The van der Waals surface area contributed by atoms with Gasteiger partial charge in [0.1, 0.15) is 0 Å². The highest BCUT2D eigenvalue weighted by atomic mass is 15.1. The number of benzene rings is 8. The molecule has 0 amide bonds. The second kappa shape index (κ2) is 16.1. The van der Waals surface area contributed by atoms with Crippen LogP contribution in [0.2, 0.25) is 0 Å². The first kappa shape index (κ1) is 41.3. The average molecular weight is 870 g/mol. The molecule has 4 bridgehead atoms. The Morgan fingerprint density at radius 2 is 0.776 bits per heavy atom. The van der Waals surface area contributed by atoms with E-state index in [1.165, 1.54) is 99.4 Å². The van der Waals surface area contributed by atoms with E-state index in [4.69, 9.17) is 0 Å². The fourth-order valence-electron chi connectivity index (χ4n) is 13.1. The molecule has 0 radical (unpaired) electrons. The van der Waals surface area contributed by atoms with Crippen LogP contribution in [0, 0.1) is 39.5 Å². The van der Waals surface area contributed by atoms with Gasteiger partial charge in [-0.05, 0) is 203 Å². The number of aryl methyl sites for hydroxylation is 4. The molecule has 2 atom stereocenters. The normalized spacial score (nSPS) is 20.7. The number of nitrogens with zero attached hydrogens (tertiary/aromatic N) is 3. The van der Waals surface area contributed by atoms with Gasteiger partial charge in [0, 0.05) is 50.6 Å². The lowest BCUT2D eigenvalue weighted by Crippen LogP contribution is -2.55. The maximum Gasteiger partial charge on any atom is 0.0542 e. The van der Waals surface area contributed by atoms with Crippen molar-refractivity contribution in [2.75, 3.05) is 9.80 Å². The molecule has 0 N–H and O–H groups in total. The summed E-state index contributed by atoms with van der Waals surface area (Å²) in [5, 5.41) is 2.45. The Morgan fingerprint density at radius 3 is 1.13 bits per heavy atom. The van der Waals surface area contributed by atoms with Crippen molar-refractivity contribution in [2.24, 2.45) is 11.8 Å². The molecule has 4 aliphatic rings. The van der Waals surface area contributed by atoms with E-state index in [9.17, 15) is 0 Å². The third-order valence-electron chi connectivity index (χ3n) is 16.0. The lowest BCUT2D eigenvalue weighted by atomic mass is 9.42. The Morgan fingerprint density at radius 1 is 0.433 bits per heavy atom. The Hall–Kier alpha value is -7.10. The summed E-state index contributed by atoms with van der Waals surface area (Å²) in [6, 6.07) is 69.1. The molecule has 13 rings (SSSR count). The summed E-state index contributed by atoms with van der Waals surface area (Å²) in [6.45, 7) is 12.7. The summed E-state index contributed by atoms with van der Waals surface area (Å²) >= 11 is 0. The standard InChI is InChI=1S/C64H59N3/c1-6-47-15-17-50(18-16-47)63-38-48-35-49(39-63)41-64(40-48,42-63)51-19-29-56(30-20-51)67-61-33-31-57(65(52-21-7-43(2)8-22-52)53-23-9-44(3)10-24-53)36-59(61)60-37-58(32-34-62(60)67)66(54-25-11-45(4)12-26-54)55-27-13-46(5)14-28-55/h6-34,36-37,48-49H,1,35,38-42H2,2-5H3. The molecule has 1 aromatic heterocycles. The number of hydrogen-bond donors (Lipinski definition) is 0. The first-order valence-electron chi connectivity index (χ1n) is 24.4. The highest BCUT2D eigenvalue weighted by Gasteiger charge is 2.58. The molecule has 1 heterocycles. The molecule has 67 heavy (non-hydrogen) atoms. The van der Waals surface area contributed by atoms with Crippen molar-refractivity contribution in [1.29, 1.82) is 0 Å². The Labute approximate surface area is 396 Å². The van der Waals surface area contributed by atoms with Gasteiger partial charge in [0.2, 0.25) is 0 Å². The highest BCUT2D eigenvalue weighted by molar-refractivity contribution is 6.12. The van der Waals surface area contributed by atoms with E-state index in [0.717, 1.165) is 46.0 Å². The lowest BCUT2D eigenvalue weighted by molar-refractivity contribution is -0.0281. The smallest absolute Gasteiger partial charge is 0.0542 e. The van der Waals surface area contributed by atoms with Crippen LogP contribution in [0.4, 0.5) is 34.1 Å². The zero-order chi connectivity index (χ0) is 45.4. The van der Waals surface area contributed by atoms with E-state index in [0.29, 0.717) is 0 Å². The molecule has 8 aromatic carbocycles. The summed E-state index contributed by atoms with van der Waals surface area (Å²) in [5.74, 6) is 1.58. The van der Waals surface area contributed by atoms with Crippen LogP contribution in [0.1, 0.15) is 77.5 Å². The molecular formula is C64H59N3. The molecule has 0 spiro atoms. The van der Waals surface area contributed by atoms with E-state index in [1.54, 1.807) is 5.56 Å². The largest absolute Gasteiger partial charge is 0.310 e. The Balaban J connectivity index is 1.01. The van der Waals surface area contributed by atoms with Crippen molar-refractivity contribution in [3.8, 4) is 5.69 Å². The van der Waals surface area contributed by atoms with Crippen LogP contribution in [0.25, 0.3) is 33.6 Å². The predicted molar refractivity (Wildman–Crippen MR) is 284 cm³/mol. The first-order valence-corrected chi connectivity index (χ1v) is 24.4. The minimum Gasteiger partial charge on any atom is -0.310 e. The van der Waals surface area contributed by atoms with E-state index < -0.39 is 0 Å². The summed E-state index contributed by atoms with van der Waals surface area (Å²) in [7, 11) is 0. The van der Waals surface area contributed by atoms with Gasteiger partial charge in [-0.1, -0.05) is 120 Å². The van der Waals surface area contributed by atoms with E-state index in [-0.39, 0.29) is 10.8 Å². The van der Waals surface area contributed by atoms with Crippen molar-refractivity contribution in [1.82, 2.24) is 4.57 Å². The van der Waals surface area contributed by atoms with Gasteiger partial charge in [0.15, 0.2) is 0 Å². The summed E-state index contributed by atoms with van der Waals surface area (Å²) < 4.78 is 2.51. The molecule has 4 aliphatic carbocycles. The molecular weight excluding hydrogens is 811 g/mol. The fourth-order valence-corrected chi connectivity index (χ4v) is 13.1. The summed E-state index contributed by atoms with van der Waals surface area (Å²) in [5.41, 5.74) is 20.2. The van der Waals surface area contributed by atoms with Gasteiger partial charge in [0.25, 0.3) is 0 Å². The minimum absolute atomic E-state index is 0.217. The van der Waals surface area contributed by atoms with Crippen molar-refractivity contribution in [3.63, 3.8) is 0 Å². The molecule has 330 valence electrons. The van der Waals surface area contributed by atoms with Crippen LogP contribution >= 0.6 is 0 Å². The van der Waals surface area contributed by atoms with E-state index in [2.05, 4.69) is 231 Å². The van der Waals surface area contributed by atoms with Gasteiger partial charge in [-0.3, -0.25) is 0 Å². The molecule has 0 aliphatic heterocycles. The van der Waals surface area contributed by atoms with Crippen molar-refractivity contribution in [2.45, 2.75) is 77.0 Å². The van der Waals surface area contributed by atoms with Gasteiger partial charge in [-0.2, -0.15) is 0 Å². The van der Waals surface area contributed by atoms with Crippen LogP contribution in [0.3, 0.4) is 0 Å². The number of aromatic nitrogens is 1. The van der Waals surface area contributed by atoms with Gasteiger partial charge in [-0.25, -0.2) is 0 Å². The minimum atomic E-state index is 0.217. The Kier molecular flexibility index (Phi) is 9.91. The highest BCUT2D eigenvalue weighted by Crippen LogP contribution is 2.66. The molecule has 9 aromatic rings. The van der Waals surface area contributed by atoms with Crippen LogP contribution in [-0.4, -0.2) is 4.57 Å². The zero-order valence-corrected chi connectivity index (χ0v) is 39.3. The van der Waals surface area contributed by atoms with Crippen LogP contribution < -0.4 is 9.80 Å². The molecule has 4 fully saturated rings. The molecule has 2 unspecified atom stereocenters. The van der Waals surface area contributed by atoms with Gasteiger partial charge in [0.05, 0.1) is 11.0 Å². The summed E-state index contributed by atoms with van der Waals surface area (Å²) in [6.07, 6.45) is 9.90. The summed E-state index contributed by atoms with van der Waals surface area (Å²) in [4.78, 5) is 4.80. The number of anilines is 6. The quantitative estimate of drug-likeness (QED) is 0.136. The van der Waals surface area contributed by atoms with E-state index >= 15 is 0 Å². The van der Waals surface area contributed by atoms with Crippen LogP contribution in [0.5, 0.6) is 0 Å². The van der Waals surface area contributed by atoms with Crippen molar-refractivity contribution in [3.05, 3.63) is 228 Å². The molecule has 3 heteroatoms. The van der Waals surface area contributed by atoms with Crippen LogP contribution in [-0.2, 0) is 10.8 Å². The maximum atomic E-state index is 4.03. The van der Waals surface area contributed by atoms with Crippen LogP contribution in [0.15, 0.2) is 189 Å². The number of hydrogen-bond acceptors (Lipinski definition) is 2. The zero-order valence-electron chi connectivity index (χ0n) is 39.3. The third-order valence-corrected chi connectivity index (χ3v) is 16.0. The fraction of sp³-hybridized carbons (Fsp3) is 0.219. The molecule has 0 saturated heterocycles. The molecule has 3 nitrogen and oxygen atoms in total. The number of rotatable bonds is 10. The second-order valence-corrected chi connectivity index (χ2v) is 20.6. The van der Waals surface area contributed by atoms with Gasteiger partial charge in [-0.15, -0.1) is 0 Å². The lowest BCUT2D eigenvalue weighted by Gasteiger charge is -2.63.